The van der Waals surface area contributed by atoms with Gasteiger partial charge in [0.15, 0.2) is 0 Å². The maximum Gasteiger partial charge on any atom is 0.337 e. The van der Waals surface area contributed by atoms with Crippen LogP contribution in [-0.2, 0) is 11.3 Å². The molecule has 0 saturated carbocycles. The molecule has 0 unspecified atom stereocenters. The lowest BCUT2D eigenvalue weighted by Gasteiger charge is -2.07. The van der Waals surface area contributed by atoms with E-state index in [1.165, 1.54) is 13.4 Å². The van der Waals surface area contributed by atoms with E-state index < -0.39 is 0 Å². The summed E-state index contributed by atoms with van der Waals surface area (Å²) in [5.41, 5.74) is 1.50. The number of ether oxygens (including phenoxy) is 2. The van der Waals surface area contributed by atoms with Crippen LogP contribution in [0.4, 0.5) is 0 Å². The van der Waals surface area contributed by atoms with Crippen LogP contribution in [0.2, 0.25) is 5.02 Å². The Kier molecular flexibility index (Phi) is 4.53. The molecule has 0 spiro atoms. The molecule has 2 aromatic carbocycles. The molecular weight excluding hydrogens is 332 g/mol. The molecule has 6 heteroatoms. The van der Waals surface area contributed by atoms with Gasteiger partial charge in [-0.2, -0.15) is 0 Å². The van der Waals surface area contributed by atoms with Gasteiger partial charge in [-0.25, -0.2) is 4.79 Å². The number of methoxy groups -OCH3 is 1. The monoisotopic (exact) mass is 344 g/mol. The molecule has 1 heterocycles. The lowest BCUT2D eigenvalue weighted by molar-refractivity contribution is 0.0600. The molecule has 3 rings (SSSR count). The van der Waals surface area contributed by atoms with E-state index in [1.807, 2.05) is 0 Å². The van der Waals surface area contributed by atoms with Crippen LogP contribution >= 0.6 is 11.6 Å². The molecule has 0 amide bonds. The first kappa shape index (κ1) is 16.1. The second kappa shape index (κ2) is 6.76. The van der Waals surface area contributed by atoms with Gasteiger partial charge in [-0.15, -0.1) is 0 Å². The standard InChI is InChI=1S/C18H13ClO5/c1-22-18(21)12-4-2-11(3-5-12)9-23-13-6-7-14-16(8-13)24-10-15(19)17(14)20/h2-8,10H,9H2,1H3. The minimum absolute atomic E-state index is 0.0434. The average molecular weight is 345 g/mol. The summed E-state index contributed by atoms with van der Waals surface area (Å²) in [4.78, 5) is 23.2. The molecule has 24 heavy (non-hydrogen) atoms. The third-order valence-corrected chi connectivity index (χ3v) is 3.75. The van der Waals surface area contributed by atoms with Crippen molar-refractivity contribution in [3.8, 4) is 5.75 Å². The van der Waals surface area contributed by atoms with Gasteiger partial charge in [0, 0.05) is 6.07 Å². The topological polar surface area (TPSA) is 65.7 Å². The molecule has 3 aromatic rings. The predicted octanol–water partition coefficient (Wildman–Crippen LogP) is 3.81. The fourth-order valence-electron chi connectivity index (χ4n) is 2.20. The van der Waals surface area contributed by atoms with E-state index in [0.29, 0.717) is 28.9 Å². The van der Waals surface area contributed by atoms with E-state index >= 15 is 0 Å². The van der Waals surface area contributed by atoms with E-state index in [-0.39, 0.29) is 16.4 Å². The van der Waals surface area contributed by atoms with E-state index in [9.17, 15) is 9.59 Å². The summed E-state index contributed by atoms with van der Waals surface area (Å²) in [5.74, 6) is 0.177. The van der Waals surface area contributed by atoms with Crippen molar-refractivity contribution in [1.29, 1.82) is 0 Å². The molecule has 0 aliphatic heterocycles. The van der Waals surface area contributed by atoms with Crippen molar-refractivity contribution >= 4 is 28.5 Å². The van der Waals surface area contributed by atoms with Crippen molar-refractivity contribution in [3.05, 3.63) is 75.1 Å². The normalized spacial score (nSPS) is 10.6. The number of carbonyl (C=O) groups is 1. The third-order valence-electron chi connectivity index (χ3n) is 3.48. The van der Waals surface area contributed by atoms with Gasteiger partial charge in [0.05, 0.1) is 18.1 Å². The van der Waals surface area contributed by atoms with Crippen LogP contribution in [0.25, 0.3) is 11.0 Å². The van der Waals surface area contributed by atoms with Gasteiger partial charge in [0.1, 0.15) is 29.2 Å². The van der Waals surface area contributed by atoms with Crippen molar-refractivity contribution in [2.24, 2.45) is 0 Å². The minimum Gasteiger partial charge on any atom is -0.489 e. The Bertz CT molecular complexity index is 944. The summed E-state index contributed by atoms with van der Waals surface area (Å²) in [5, 5.41) is 0.444. The molecule has 0 atom stereocenters. The zero-order chi connectivity index (χ0) is 17.1. The quantitative estimate of drug-likeness (QED) is 0.673. The number of rotatable bonds is 4. The lowest BCUT2D eigenvalue weighted by Crippen LogP contribution is -2.03. The van der Waals surface area contributed by atoms with Crippen LogP contribution in [0.1, 0.15) is 15.9 Å². The second-order valence-electron chi connectivity index (χ2n) is 5.05. The zero-order valence-corrected chi connectivity index (χ0v) is 13.5. The van der Waals surface area contributed by atoms with Gasteiger partial charge in [0.25, 0.3) is 0 Å². The average Bonchev–Trinajstić information content (AvgIpc) is 2.63. The van der Waals surface area contributed by atoms with Crippen LogP contribution in [0.5, 0.6) is 5.75 Å². The Morgan fingerprint density at radius 2 is 1.92 bits per heavy atom. The largest absolute Gasteiger partial charge is 0.489 e. The van der Waals surface area contributed by atoms with E-state index in [4.69, 9.17) is 20.8 Å². The van der Waals surface area contributed by atoms with Crippen LogP contribution < -0.4 is 10.2 Å². The number of benzene rings is 2. The van der Waals surface area contributed by atoms with Gasteiger partial charge in [-0.3, -0.25) is 4.79 Å². The zero-order valence-electron chi connectivity index (χ0n) is 12.7. The van der Waals surface area contributed by atoms with Crippen molar-refractivity contribution in [2.45, 2.75) is 6.61 Å². The summed E-state index contributed by atoms with van der Waals surface area (Å²) < 4.78 is 15.6. The Morgan fingerprint density at radius 1 is 1.17 bits per heavy atom. The molecule has 0 aliphatic rings. The Hall–Kier alpha value is -2.79. The number of hydrogen-bond acceptors (Lipinski definition) is 5. The fraction of sp³-hybridized carbons (Fsp3) is 0.111. The highest BCUT2D eigenvalue weighted by atomic mass is 35.5. The molecule has 0 aliphatic carbocycles. The number of carbonyl (C=O) groups excluding carboxylic acids is 1. The van der Waals surface area contributed by atoms with Crippen LogP contribution in [-0.4, -0.2) is 13.1 Å². The van der Waals surface area contributed by atoms with Crippen LogP contribution in [0, 0.1) is 0 Å². The lowest BCUT2D eigenvalue weighted by atomic mass is 10.1. The smallest absolute Gasteiger partial charge is 0.337 e. The summed E-state index contributed by atoms with van der Waals surface area (Å²) in [6.07, 6.45) is 1.21. The first-order valence-corrected chi connectivity index (χ1v) is 7.47. The first-order chi connectivity index (χ1) is 11.6. The highest BCUT2D eigenvalue weighted by Gasteiger charge is 2.07. The molecular formula is C18H13ClO5. The molecule has 0 fully saturated rings. The Morgan fingerprint density at radius 3 is 2.62 bits per heavy atom. The minimum atomic E-state index is -0.384. The van der Waals surface area contributed by atoms with E-state index in [1.54, 1.807) is 42.5 Å². The number of esters is 1. The van der Waals surface area contributed by atoms with Crippen LogP contribution in [0.15, 0.2) is 57.9 Å². The molecule has 0 bridgehead atoms. The maximum absolute atomic E-state index is 11.9. The maximum atomic E-state index is 11.9. The van der Waals surface area contributed by atoms with Crippen LogP contribution in [0.3, 0.4) is 0 Å². The SMILES string of the molecule is COC(=O)c1ccc(COc2ccc3c(=O)c(Cl)coc3c2)cc1. The summed E-state index contributed by atoms with van der Waals surface area (Å²) in [6, 6.07) is 11.8. The molecule has 5 nitrogen and oxygen atoms in total. The van der Waals surface area contributed by atoms with Crippen molar-refractivity contribution < 1.29 is 18.7 Å². The van der Waals surface area contributed by atoms with Crippen molar-refractivity contribution in [3.63, 3.8) is 0 Å². The molecule has 0 radical (unpaired) electrons. The summed E-state index contributed by atoms with van der Waals surface area (Å²) in [7, 11) is 1.34. The van der Waals surface area contributed by atoms with Gasteiger partial charge < -0.3 is 13.9 Å². The number of halogens is 1. The highest BCUT2D eigenvalue weighted by molar-refractivity contribution is 6.30. The number of hydrogen-bond donors (Lipinski definition) is 0. The Balaban J connectivity index is 1.75. The third kappa shape index (κ3) is 3.26. The second-order valence-corrected chi connectivity index (χ2v) is 5.46. The molecule has 122 valence electrons. The first-order valence-electron chi connectivity index (χ1n) is 7.09. The van der Waals surface area contributed by atoms with Gasteiger partial charge in [-0.1, -0.05) is 23.7 Å². The Labute approximate surface area is 142 Å². The van der Waals surface area contributed by atoms with Gasteiger partial charge >= 0.3 is 5.97 Å². The van der Waals surface area contributed by atoms with Gasteiger partial charge in [0.2, 0.25) is 5.43 Å². The van der Waals surface area contributed by atoms with Crippen molar-refractivity contribution in [2.75, 3.05) is 7.11 Å². The van der Waals surface area contributed by atoms with Crippen molar-refractivity contribution in [1.82, 2.24) is 0 Å². The fourth-order valence-corrected chi connectivity index (χ4v) is 2.34. The predicted molar refractivity (Wildman–Crippen MR) is 89.6 cm³/mol. The molecule has 1 aromatic heterocycles. The van der Waals surface area contributed by atoms with E-state index in [2.05, 4.69) is 4.74 Å². The highest BCUT2D eigenvalue weighted by Crippen LogP contribution is 2.21. The summed E-state index contributed by atoms with van der Waals surface area (Å²) in [6.45, 7) is 0.310. The number of fused-ring (bicyclic) bond motifs is 1. The van der Waals surface area contributed by atoms with Gasteiger partial charge in [-0.05, 0) is 29.8 Å². The summed E-state index contributed by atoms with van der Waals surface area (Å²) >= 11 is 5.74. The molecule has 0 saturated heterocycles. The van der Waals surface area contributed by atoms with E-state index in [0.717, 1.165) is 5.56 Å². The molecule has 0 N–H and O–H groups in total.